The maximum atomic E-state index is 13.9. The van der Waals surface area contributed by atoms with Gasteiger partial charge in [0.2, 0.25) is 0 Å². The average Bonchev–Trinajstić information content (AvgIpc) is 2.40. The van der Waals surface area contributed by atoms with Gasteiger partial charge in [-0.05, 0) is 25.8 Å². The molecule has 0 aliphatic carbocycles. The number of ether oxygens (including phenoxy) is 1. The van der Waals surface area contributed by atoms with Gasteiger partial charge in [0, 0.05) is 17.7 Å². The molecule has 0 amide bonds. The molecule has 1 fully saturated rings. The highest BCUT2D eigenvalue weighted by atomic mass is 19.2. The zero-order chi connectivity index (χ0) is 13.1. The minimum Gasteiger partial charge on any atom is -0.494 e. The lowest BCUT2D eigenvalue weighted by Gasteiger charge is -2.24. The zero-order valence-corrected chi connectivity index (χ0v) is 10.2. The maximum absolute atomic E-state index is 13.9. The first-order valence-corrected chi connectivity index (χ1v) is 6.07. The smallest absolute Gasteiger partial charge is 0.171 e. The highest BCUT2D eigenvalue weighted by Gasteiger charge is 2.23. The Labute approximate surface area is 104 Å². The lowest BCUT2D eigenvalue weighted by molar-refractivity contribution is 0.358. The summed E-state index contributed by atoms with van der Waals surface area (Å²) < 4.78 is 45.6. The highest BCUT2D eigenvalue weighted by molar-refractivity contribution is 5.34. The van der Waals surface area contributed by atoms with Gasteiger partial charge in [-0.25, -0.2) is 13.2 Å². The zero-order valence-electron chi connectivity index (χ0n) is 10.2. The lowest BCUT2D eigenvalue weighted by Crippen LogP contribution is -2.36. The fourth-order valence-corrected chi connectivity index (χ4v) is 2.30. The molecule has 0 radical (unpaired) electrons. The number of nitrogens with one attached hydrogen (secondary N) is 1. The van der Waals surface area contributed by atoms with Gasteiger partial charge in [0.15, 0.2) is 23.2 Å². The Morgan fingerprint density at radius 3 is 2.67 bits per heavy atom. The topological polar surface area (TPSA) is 21.3 Å². The number of methoxy groups -OCH3 is 1. The Bertz CT molecular complexity index is 431. The quantitative estimate of drug-likeness (QED) is 0.843. The average molecular weight is 259 g/mol. The molecule has 1 aromatic carbocycles. The van der Waals surface area contributed by atoms with E-state index in [4.69, 9.17) is 4.74 Å². The Morgan fingerprint density at radius 1 is 1.28 bits per heavy atom. The van der Waals surface area contributed by atoms with Crippen LogP contribution in [0.5, 0.6) is 5.75 Å². The first kappa shape index (κ1) is 13.2. The third-order valence-corrected chi connectivity index (χ3v) is 3.30. The van der Waals surface area contributed by atoms with Gasteiger partial charge in [-0.3, -0.25) is 0 Å². The Balaban J connectivity index is 2.27. The minimum atomic E-state index is -1.11. The highest BCUT2D eigenvalue weighted by Crippen LogP contribution is 2.27. The van der Waals surface area contributed by atoms with Crippen LogP contribution in [0.4, 0.5) is 13.2 Å². The molecule has 1 unspecified atom stereocenters. The molecule has 2 nitrogen and oxygen atoms in total. The van der Waals surface area contributed by atoms with Crippen LogP contribution in [0.3, 0.4) is 0 Å². The second-order valence-electron chi connectivity index (χ2n) is 4.52. The van der Waals surface area contributed by atoms with Crippen molar-refractivity contribution in [1.82, 2.24) is 5.32 Å². The standard InChI is InChI=1S/C13H16F3NO/c1-18-11-7-10(14)12(15)9(13(11)16)6-8-4-2-3-5-17-8/h7-8,17H,2-6H2,1H3. The van der Waals surface area contributed by atoms with Crippen molar-refractivity contribution in [2.75, 3.05) is 13.7 Å². The van der Waals surface area contributed by atoms with E-state index in [1.165, 1.54) is 7.11 Å². The van der Waals surface area contributed by atoms with E-state index in [1.807, 2.05) is 0 Å². The predicted molar refractivity (Wildman–Crippen MR) is 62.2 cm³/mol. The normalized spacial score (nSPS) is 19.9. The molecular weight excluding hydrogens is 243 g/mol. The van der Waals surface area contributed by atoms with E-state index >= 15 is 0 Å². The second-order valence-corrected chi connectivity index (χ2v) is 4.52. The van der Waals surface area contributed by atoms with E-state index < -0.39 is 17.5 Å². The van der Waals surface area contributed by atoms with E-state index in [1.54, 1.807) is 0 Å². The molecule has 5 heteroatoms. The van der Waals surface area contributed by atoms with Gasteiger partial charge in [0.05, 0.1) is 7.11 Å². The molecule has 1 heterocycles. The largest absolute Gasteiger partial charge is 0.494 e. The van der Waals surface area contributed by atoms with Crippen LogP contribution in [0, 0.1) is 17.5 Å². The Kier molecular flexibility index (Phi) is 4.11. The monoisotopic (exact) mass is 259 g/mol. The molecule has 0 bridgehead atoms. The van der Waals surface area contributed by atoms with Gasteiger partial charge in [-0.2, -0.15) is 0 Å². The van der Waals surface area contributed by atoms with Gasteiger partial charge < -0.3 is 10.1 Å². The van der Waals surface area contributed by atoms with E-state index in [-0.39, 0.29) is 23.8 Å². The Hall–Kier alpha value is -1.23. The first-order valence-electron chi connectivity index (χ1n) is 6.07. The number of rotatable bonds is 3. The molecule has 18 heavy (non-hydrogen) atoms. The molecule has 1 N–H and O–H groups in total. The first-order chi connectivity index (χ1) is 8.63. The van der Waals surface area contributed by atoms with Crippen molar-refractivity contribution in [3.8, 4) is 5.75 Å². The van der Waals surface area contributed by atoms with Crippen LogP contribution in [-0.4, -0.2) is 19.7 Å². The summed E-state index contributed by atoms with van der Waals surface area (Å²) in [6.45, 7) is 0.834. The van der Waals surface area contributed by atoms with Crippen LogP contribution < -0.4 is 10.1 Å². The van der Waals surface area contributed by atoms with Crippen LogP contribution in [0.2, 0.25) is 0 Å². The van der Waals surface area contributed by atoms with Crippen molar-refractivity contribution < 1.29 is 17.9 Å². The summed E-state index contributed by atoms with van der Waals surface area (Å²) in [5.41, 5.74) is -0.230. The molecular formula is C13H16F3NO. The molecule has 1 saturated heterocycles. The van der Waals surface area contributed by atoms with Gasteiger partial charge in [0.1, 0.15) is 0 Å². The number of hydrogen-bond acceptors (Lipinski definition) is 2. The fraction of sp³-hybridized carbons (Fsp3) is 0.538. The maximum Gasteiger partial charge on any atom is 0.171 e. The molecule has 0 aromatic heterocycles. The molecule has 0 saturated carbocycles. The summed E-state index contributed by atoms with van der Waals surface area (Å²) in [6.07, 6.45) is 3.07. The number of benzene rings is 1. The van der Waals surface area contributed by atoms with Crippen LogP contribution in [-0.2, 0) is 6.42 Å². The van der Waals surface area contributed by atoms with E-state index in [9.17, 15) is 13.2 Å². The minimum absolute atomic E-state index is 0.00532. The summed E-state index contributed by atoms with van der Waals surface area (Å²) in [6, 6.07) is 0.733. The fourth-order valence-electron chi connectivity index (χ4n) is 2.30. The number of hydrogen-bond donors (Lipinski definition) is 1. The predicted octanol–water partition coefficient (Wildman–Crippen LogP) is 2.80. The van der Waals surface area contributed by atoms with Crippen LogP contribution >= 0.6 is 0 Å². The van der Waals surface area contributed by atoms with Gasteiger partial charge in [-0.1, -0.05) is 6.42 Å². The van der Waals surface area contributed by atoms with Gasteiger partial charge >= 0.3 is 0 Å². The summed E-state index contributed by atoms with van der Waals surface area (Å²) in [4.78, 5) is 0. The van der Waals surface area contributed by atoms with Crippen LogP contribution in [0.15, 0.2) is 6.07 Å². The second kappa shape index (κ2) is 5.61. The van der Waals surface area contributed by atoms with E-state index in [0.717, 1.165) is 31.9 Å². The van der Waals surface area contributed by atoms with Crippen molar-refractivity contribution >= 4 is 0 Å². The van der Waals surface area contributed by atoms with Gasteiger partial charge in [0.25, 0.3) is 0 Å². The molecule has 1 aliphatic heterocycles. The van der Waals surface area contributed by atoms with Crippen molar-refractivity contribution in [2.45, 2.75) is 31.7 Å². The van der Waals surface area contributed by atoms with Crippen molar-refractivity contribution in [1.29, 1.82) is 0 Å². The molecule has 0 spiro atoms. The van der Waals surface area contributed by atoms with E-state index in [2.05, 4.69) is 5.32 Å². The molecule has 1 atom stereocenters. The molecule has 1 aliphatic rings. The molecule has 100 valence electrons. The summed E-state index contributed by atoms with van der Waals surface area (Å²) in [7, 11) is 1.23. The van der Waals surface area contributed by atoms with Crippen molar-refractivity contribution in [3.05, 3.63) is 29.1 Å². The van der Waals surface area contributed by atoms with Crippen LogP contribution in [0.1, 0.15) is 24.8 Å². The Morgan fingerprint density at radius 2 is 2.06 bits per heavy atom. The molecule has 1 aromatic rings. The van der Waals surface area contributed by atoms with Crippen molar-refractivity contribution in [2.24, 2.45) is 0 Å². The van der Waals surface area contributed by atoms with E-state index in [0.29, 0.717) is 0 Å². The third-order valence-electron chi connectivity index (χ3n) is 3.30. The number of piperidine rings is 1. The van der Waals surface area contributed by atoms with Crippen molar-refractivity contribution in [3.63, 3.8) is 0 Å². The summed E-state index contributed by atoms with van der Waals surface area (Å²) in [5.74, 6) is -3.23. The lowest BCUT2D eigenvalue weighted by atomic mass is 9.97. The molecule has 2 rings (SSSR count). The van der Waals surface area contributed by atoms with Crippen LogP contribution in [0.25, 0.3) is 0 Å². The summed E-state index contributed by atoms with van der Waals surface area (Å²) in [5, 5.41) is 3.18. The van der Waals surface area contributed by atoms with Gasteiger partial charge in [-0.15, -0.1) is 0 Å². The SMILES string of the molecule is COc1cc(F)c(F)c(CC2CCCCN2)c1F. The summed E-state index contributed by atoms with van der Waals surface area (Å²) >= 11 is 0. The third kappa shape index (κ3) is 2.61. The number of halogens is 3.